The van der Waals surface area contributed by atoms with Crippen molar-refractivity contribution in [2.45, 2.75) is 16.1 Å². The van der Waals surface area contributed by atoms with E-state index in [-0.39, 0.29) is 0 Å². The Bertz CT molecular complexity index is 311. The van der Waals surface area contributed by atoms with Crippen molar-refractivity contribution in [3.8, 4) is 0 Å². The average Bonchev–Trinajstić information content (AvgIpc) is 1.76. The zero-order valence-corrected chi connectivity index (χ0v) is 8.01. The molecule has 7 nitrogen and oxygen atoms in total. The van der Waals surface area contributed by atoms with Crippen molar-refractivity contribution in [2.24, 2.45) is 0 Å². The first-order chi connectivity index (χ1) is 6.25. The van der Waals surface area contributed by atoms with Crippen molar-refractivity contribution in [1.29, 1.82) is 4.23 Å². The van der Waals surface area contributed by atoms with Gasteiger partial charge in [0.2, 0.25) is 0 Å². The molecular weight excluding hydrogens is 241 g/mol. The van der Waals surface area contributed by atoms with Crippen LogP contribution in [0.1, 0.15) is 0 Å². The van der Waals surface area contributed by atoms with Gasteiger partial charge in [0.05, 0.1) is 0 Å². The maximum absolute atomic E-state index is 10.3. The summed E-state index contributed by atoms with van der Waals surface area (Å²) in [6.07, 6.45) is 0. The fourth-order valence-electron chi connectivity index (χ4n) is 0.688. The third-order valence-corrected chi connectivity index (χ3v) is 3.96. The molecule has 0 radical (unpaired) electrons. The second-order valence-corrected chi connectivity index (χ2v) is 6.00. The molecule has 83 valence electrons. The summed E-state index contributed by atoms with van der Waals surface area (Å²) in [6.45, 7) is 0. The first kappa shape index (κ1) is 12.6. The maximum atomic E-state index is 10.3. The summed E-state index contributed by atoms with van der Waals surface area (Å²) in [4.78, 5) is 30.8. The number of nitrogens with zero attached hydrogens (tertiary/aromatic N) is 1. The van der Waals surface area contributed by atoms with E-state index in [0.717, 1.165) is 0 Å². The van der Waals surface area contributed by atoms with Crippen LogP contribution in [0.4, 0.5) is 0 Å². The summed E-state index contributed by atoms with van der Waals surface area (Å²) in [5.41, 5.74) is 0. The van der Waals surface area contributed by atoms with Crippen LogP contribution in [0.2, 0.25) is 16.1 Å². The standard InChI is InChI=1S/3C2H3O2.Co.N/c3*1-2(3)4;;/h3*1H2,(H,3,4);;. The molecule has 14 heavy (non-hydrogen) atoms. The molecule has 0 aromatic carbocycles. The summed E-state index contributed by atoms with van der Waals surface area (Å²) < 4.78 is 9.49. The van der Waals surface area contributed by atoms with E-state index in [4.69, 9.17) is 15.3 Å². The number of carboxylic acid groups (broad SMARTS) is 3. The van der Waals surface area contributed by atoms with Gasteiger partial charge in [-0.25, -0.2) is 0 Å². The number of aliphatic carboxylic acids is 3. The molecule has 3 N–H and O–H groups in total. The quantitative estimate of drug-likeness (QED) is 0.647. The van der Waals surface area contributed by atoms with Crippen molar-refractivity contribution >= 4 is 17.9 Å². The van der Waals surface area contributed by atoms with Gasteiger partial charge < -0.3 is 0 Å². The molecule has 0 saturated carbocycles. The van der Waals surface area contributed by atoms with Crippen LogP contribution in [-0.2, 0) is 26.6 Å². The molecule has 0 fully saturated rings. The van der Waals surface area contributed by atoms with Crippen LogP contribution in [-0.4, -0.2) is 33.2 Å². The third-order valence-electron chi connectivity index (χ3n) is 0.961. The number of hydrogen-bond acceptors (Lipinski definition) is 4. The molecule has 0 atom stereocenters. The first-order valence-electron chi connectivity index (χ1n) is 3.20. The molecule has 0 amide bonds. The fourth-order valence-corrected chi connectivity index (χ4v) is 2.84. The molecule has 0 aromatic rings. The number of rotatable bonds is 3. The summed E-state index contributed by atoms with van der Waals surface area (Å²) in [5.74, 6) is -4.20. The van der Waals surface area contributed by atoms with Crippen LogP contribution in [0.3, 0.4) is 0 Å². The van der Waals surface area contributed by atoms with E-state index in [2.05, 4.69) is 0 Å². The van der Waals surface area contributed by atoms with Gasteiger partial charge >= 0.3 is 80.2 Å². The van der Waals surface area contributed by atoms with Gasteiger partial charge in [-0.1, -0.05) is 0 Å². The normalized spacial score (nSPS) is 11.9. The molecule has 0 unspecified atom stereocenters. The van der Waals surface area contributed by atoms with Crippen LogP contribution < -0.4 is 0 Å². The second-order valence-electron chi connectivity index (χ2n) is 2.35. The van der Waals surface area contributed by atoms with Crippen molar-refractivity contribution in [1.82, 2.24) is 0 Å². The molecule has 0 saturated heterocycles. The Labute approximate surface area is 80.7 Å². The molecular formula is C6H9CoNO6. The van der Waals surface area contributed by atoms with Crippen molar-refractivity contribution < 1.29 is 41.9 Å². The number of carboxylic acids is 3. The number of carbonyl (C=O) groups is 3. The van der Waals surface area contributed by atoms with E-state index >= 15 is 0 Å². The van der Waals surface area contributed by atoms with E-state index in [1.807, 2.05) is 0 Å². The summed E-state index contributed by atoms with van der Waals surface area (Å²) in [5, 5.41) is 22.7. The Kier molecular flexibility index (Phi) is 4.28. The Morgan fingerprint density at radius 3 is 1.21 bits per heavy atom. The van der Waals surface area contributed by atoms with Crippen molar-refractivity contribution in [2.75, 3.05) is 0 Å². The van der Waals surface area contributed by atoms with Gasteiger partial charge in [-0.3, -0.25) is 0 Å². The Balaban J connectivity index is 4.69. The van der Waals surface area contributed by atoms with Crippen molar-refractivity contribution in [3.05, 3.63) is 0 Å². The van der Waals surface area contributed by atoms with E-state index < -0.39 is 46.2 Å². The fraction of sp³-hybridized carbons (Fsp3) is 0.500. The van der Waals surface area contributed by atoms with Gasteiger partial charge in [0.1, 0.15) is 0 Å². The molecule has 0 aromatic heterocycles. The zero-order valence-electron chi connectivity index (χ0n) is 6.97. The Morgan fingerprint density at radius 1 is 0.857 bits per heavy atom. The van der Waals surface area contributed by atoms with Gasteiger partial charge in [0.15, 0.2) is 0 Å². The monoisotopic (exact) mass is 250 g/mol. The van der Waals surface area contributed by atoms with E-state index in [1.54, 1.807) is 0 Å². The number of hydrogen-bond donors (Lipinski definition) is 3. The summed E-state index contributed by atoms with van der Waals surface area (Å²) in [7, 11) is 0. The minimum absolute atomic E-state index is 0.802. The predicted octanol–water partition coefficient (Wildman–Crippen LogP) is 0.128. The van der Waals surface area contributed by atoms with Gasteiger partial charge in [0, 0.05) is 0 Å². The molecule has 8 heteroatoms. The minimum atomic E-state index is -3.42. The van der Waals surface area contributed by atoms with Gasteiger partial charge in [0.25, 0.3) is 0 Å². The summed E-state index contributed by atoms with van der Waals surface area (Å²) >= 11 is -3.42. The Hall–Kier alpha value is -1.37. The van der Waals surface area contributed by atoms with Crippen LogP contribution in [0.25, 0.3) is 0 Å². The Morgan fingerprint density at radius 2 is 1.07 bits per heavy atom. The zero-order chi connectivity index (χ0) is 11.4. The molecule has 0 bridgehead atoms. The van der Waals surface area contributed by atoms with E-state index in [0.29, 0.717) is 0 Å². The molecule has 0 spiro atoms. The average molecular weight is 250 g/mol. The van der Waals surface area contributed by atoms with Crippen LogP contribution in [0.5, 0.6) is 0 Å². The van der Waals surface area contributed by atoms with Crippen molar-refractivity contribution in [3.63, 3.8) is 0 Å². The predicted molar refractivity (Wildman–Crippen MR) is 39.1 cm³/mol. The van der Waals surface area contributed by atoms with E-state index in [1.165, 1.54) is 0 Å². The van der Waals surface area contributed by atoms with Crippen LogP contribution >= 0.6 is 0 Å². The molecule has 0 aliphatic carbocycles. The topological polar surface area (TPSA) is 136 Å². The summed E-state index contributed by atoms with van der Waals surface area (Å²) in [6, 6.07) is 0. The molecule has 0 aliphatic rings. The van der Waals surface area contributed by atoms with Gasteiger partial charge in [-0.05, 0) is 0 Å². The van der Waals surface area contributed by atoms with Gasteiger partial charge in [-0.2, -0.15) is 0 Å². The third kappa shape index (κ3) is 5.30. The SMILES string of the molecule is [N]#[Co]([CH2]C(=O)O)([CH2]C(=O)O)[CH2]C(=O)O. The van der Waals surface area contributed by atoms with Crippen LogP contribution in [0.15, 0.2) is 0 Å². The molecule has 0 aliphatic heterocycles. The molecule has 0 heterocycles. The van der Waals surface area contributed by atoms with Gasteiger partial charge in [-0.15, -0.1) is 0 Å². The second kappa shape index (κ2) is 4.75. The first-order valence-corrected chi connectivity index (χ1v) is 5.87. The van der Waals surface area contributed by atoms with Crippen LogP contribution in [0, 0.1) is 4.23 Å². The van der Waals surface area contributed by atoms with E-state index in [9.17, 15) is 18.6 Å². The molecule has 0 rings (SSSR count).